The summed E-state index contributed by atoms with van der Waals surface area (Å²) in [5, 5.41) is 6.37. The SMILES string of the molecule is CN=C(NCc1ccccc1)NCc1cccc(F)c1.I. The van der Waals surface area contributed by atoms with Crippen molar-refractivity contribution < 1.29 is 4.39 Å². The first kappa shape index (κ1) is 17.4. The van der Waals surface area contributed by atoms with Crippen LogP contribution in [0.2, 0.25) is 0 Å². The van der Waals surface area contributed by atoms with Crippen molar-refractivity contribution >= 4 is 29.9 Å². The molecule has 21 heavy (non-hydrogen) atoms. The molecule has 0 saturated carbocycles. The van der Waals surface area contributed by atoms with E-state index in [1.807, 2.05) is 36.4 Å². The lowest BCUT2D eigenvalue weighted by Crippen LogP contribution is -2.36. The summed E-state index contributed by atoms with van der Waals surface area (Å²) >= 11 is 0. The maximum absolute atomic E-state index is 13.1. The molecule has 0 amide bonds. The number of benzene rings is 2. The van der Waals surface area contributed by atoms with Crippen molar-refractivity contribution in [3.63, 3.8) is 0 Å². The maximum Gasteiger partial charge on any atom is 0.191 e. The highest BCUT2D eigenvalue weighted by molar-refractivity contribution is 14.0. The van der Waals surface area contributed by atoms with Crippen molar-refractivity contribution in [2.75, 3.05) is 7.05 Å². The summed E-state index contributed by atoms with van der Waals surface area (Å²) in [6, 6.07) is 16.6. The lowest BCUT2D eigenvalue weighted by atomic mass is 10.2. The van der Waals surface area contributed by atoms with E-state index in [0.717, 1.165) is 5.56 Å². The number of hydrogen-bond acceptors (Lipinski definition) is 1. The van der Waals surface area contributed by atoms with Crippen molar-refractivity contribution in [3.05, 3.63) is 71.5 Å². The summed E-state index contributed by atoms with van der Waals surface area (Å²) in [5.41, 5.74) is 2.06. The summed E-state index contributed by atoms with van der Waals surface area (Å²) in [4.78, 5) is 4.14. The molecule has 2 aromatic carbocycles. The van der Waals surface area contributed by atoms with Gasteiger partial charge < -0.3 is 10.6 Å². The van der Waals surface area contributed by atoms with E-state index >= 15 is 0 Å². The van der Waals surface area contributed by atoms with E-state index in [4.69, 9.17) is 0 Å². The predicted octanol–water partition coefficient (Wildman–Crippen LogP) is 3.31. The monoisotopic (exact) mass is 399 g/mol. The third-order valence-corrected chi connectivity index (χ3v) is 2.88. The van der Waals surface area contributed by atoms with Crippen LogP contribution >= 0.6 is 24.0 Å². The second-order valence-corrected chi connectivity index (χ2v) is 4.39. The summed E-state index contributed by atoms with van der Waals surface area (Å²) in [5.74, 6) is 0.467. The minimum absolute atomic E-state index is 0. The molecule has 0 spiro atoms. The van der Waals surface area contributed by atoms with E-state index in [2.05, 4.69) is 15.6 Å². The van der Waals surface area contributed by atoms with Crippen LogP contribution in [-0.4, -0.2) is 13.0 Å². The fourth-order valence-electron chi connectivity index (χ4n) is 1.83. The zero-order chi connectivity index (χ0) is 14.2. The largest absolute Gasteiger partial charge is 0.352 e. The molecule has 2 N–H and O–H groups in total. The van der Waals surface area contributed by atoms with E-state index < -0.39 is 0 Å². The van der Waals surface area contributed by atoms with Crippen LogP contribution in [0.3, 0.4) is 0 Å². The Morgan fingerprint density at radius 3 is 2.19 bits per heavy atom. The molecule has 0 heterocycles. The fraction of sp³-hybridized carbons (Fsp3) is 0.188. The van der Waals surface area contributed by atoms with Crippen LogP contribution in [0, 0.1) is 5.82 Å². The van der Waals surface area contributed by atoms with Gasteiger partial charge in [-0.3, -0.25) is 4.99 Å². The summed E-state index contributed by atoms with van der Waals surface area (Å²) < 4.78 is 13.1. The topological polar surface area (TPSA) is 36.4 Å². The van der Waals surface area contributed by atoms with Crippen LogP contribution in [0.1, 0.15) is 11.1 Å². The molecule has 0 radical (unpaired) electrons. The van der Waals surface area contributed by atoms with Gasteiger partial charge in [0, 0.05) is 20.1 Å². The number of aliphatic imine (C=N–C) groups is 1. The molecular formula is C16H19FIN3. The number of halogens is 2. The van der Waals surface area contributed by atoms with Crippen LogP contribution < -0.4 is 10.6 Å². The Morgan fingerprint density at radius 1 is 0.952 bits per heavy atom. The van der Waals surface area contributed by atoms with Gasteiger partial charge in [-0.15, -0.1) is 24.0 Å². The highest BCUT2D eigenvalue weighted by Gasteiger charge is 1.99. The third-order valence-electron chi connectivity index (χ3n) is 2.88. The van der Waals surface area contributed by atoms with Gasteiger partial charge in [0.2, 0.25) is 0 Å². The highest BCUT2D eigenvalue weighted by atomic mass is 127. The summed E-state index contributed by atoms with van der Waals surface area (Å²) in [6.07, 6.45) is 0. The van der Waals surface area contributed by atoms with Gasteiger partial charge >= 0.3 is 0 Å². The minimum Gasteiger partial charge on any atom is -0.352 e. The van der Waals surface area contributed by atoms with Crippen LogP contribution in [0.15, 0.2) is 59.6 Å². The number of rotatable bonds is 4. The van der Waals surface area contributed by atoms with Gasteiger partial charge in [-0.1, -0.05) is 42.5 Å². The van der Waals surface area contributed by atoms with Crippen LogP contribution in [0.4, 0.5) is 4.39 Å². The second-order valence-electron chi connectivity index (χ2n) is 4.39. The molecule has 0 aliphatic heterocycles. The average molecular weight is 399 g/mol. The normalized spacial score (nSPS) is 10.7. The van der Waals surface area contributed by atoms with Crippen LogP contribution in [-0.2, 0) is 13.1 Å². The minimum atomic E-state index is -0.225. The zero-order valence-corrected chi connectivity index (χ0v) is 14.2. The van der Waals surface area contributed by atoms with Gasteiger partial charge in [0.1, 0.15) is 5.82 Å². The molecule has 0 aromatic heterocycles. The smallest absolute Gasteiger partial charge is 0.191 e. The molecule has 0 aliphatic rings. The Balaban J connectivity index is 0.00000220. The summed E-state index contributed by atoms with van der Waals surface area (Å²) in [6.45, 7) is 1.23. The number of nitrogens with one attached hydrogen (secondary N) is 2. The Morgan fingerprint density at radius 2 is 1.57 bits per heavy atom. The second kappa shape index (κ2) is 9.33. The van der Waals surface area contributed by atoms with E-state index in [0.29, 0.717) is 19.0 Å². The molecule has 0 aliphatic carbocycles. The standard InChI is InChI=1S/C16H18FN3.HI/c1-18-16(19-11-13-6-3-2-4-7-13)20-12-14-8-5-9-15(17)10-14;/h2-10H,11-12H2,1H3,(H2,18,19,20);1H. The summed E-state index contributed by atoms with van der Waals surface area (Å²) in [7, 11) is 1.71. The molecular weight excluding hydrogens is 380 g/mol. The number of guanidine groups is 1. The van der Waals surface area contributed by atoms with Gasteiger partial charge in [0.15, 0.2) is 5.96 Å². The number of nitrogens with zero attached hydrogens (tertiary/aromatic N) is 1. The van der Waals surface area contributed by atoms with Gasteiger partial charge in [-0.25, -0.2) is 4.39 Å². The lowest BCUT2D eigenvalue weighted by Gasteiger charge is -2.12. The Labute approximate surface area is 141 Å². The first-order valence-corrected chi connectivity index (χ1v) is 6.51. The first-order valence-electron chi connectivity index (χ1n) is 6.51. The molecule has 5 heteroatoms. The average Bonchev–Trinajstić information content (AvgIpc) is 2.48. The maximum atomic E-state index is 13.1. The molecule has 0 bridgehead atoms. The van der Waals surface area contributed by atoms with E-state index in [9.17, 15) is 4.39 Å². The van der Waals surface area contributed by atoms with E-state index in [1.54, 1.807) is 13.1 Å². The van der Waals surface area contributed by atoms with Gasteiger partial charge in [0.05, 0.1) is 0 Å². The molecule has 2 aromatic rings. The Bertz CT molecular complexity index is 573. The molecule has 112 valence electrons. The molecule has 0 atom stereocenters. The first-order chi connectivity index (χ1) is 9.78. The molecule has 0 saturated heterocycles. The molecule has 3 nitrogen and oxygen atoms in total. The van der Waals surface area contributed by atoms with Gasteiger partial charge in [-0.2, -0.15) is 0 Å². The molecule has 0 fully saturated rings. The van der Waals surface area contributed by atoms with Crippen molar-refractivity contribution in [1.29, 1.82) is 0 Å². The van der Waals surface area contributed by atoms with Crippen molar-refractivity contribution in [1.82, 2.24) is 10.6 Å². The fourth-order valence-corrected chi connectivity index (χ4v) is 1.83. The lowest BCUT2D eigenvalue weighted by molar-refractivity contribution is 0.624. The predicted molar refractivity (Wildman–Crippen MR) is 95.3 cm³/mol. The van der Waals surface area contributed by atoms with Crippen molar-refractivity contribution in [2.45, 2.75) is 13.1 Å². The van der Waals surface area contributed by atoms with Gasteiger partial charge in [0.25, 0.3) is 0 Å². The van der Waals surface area contributed by atoms with Crippen LogP contribution in [0.5, 0.6) is 0 Å². The Kier molecular flexibility index (Phi) is 7.74. The quantitative estimate of drug-likeness (QED) is 0.470. The Hall–Kier alpha value is -1.63. The van der Waals surface area contributed by atoms with Crippen molar-refractivity contribution in [2.24, 2.45) is 4.99 Å². The van der Waals surface area contributed by atoms with Gasteiger partial charge in [-0.05, 0) is 23.3 Å². The number of hydrogen-bond donors (Lipinski definition) is 2. The van der Waals surface area contributed by atoms with Crippen LogP contribution in [0.25, 0.3) is 0 Å². The zero-order valence-electron chi connectivity index (χ0n) is 11.8. The molecule has 2 rings (SSSR count). The molecule has 0 unspecified atom stereocenters. The highest BCUT2D eigenvalue weighted by Crippen LogP contribution is 2.02. The van der Waals surface area contributed by atoms with E-state index in [-0.39, 0.29) is 29.8 Å². The third kappa shape index (κ3) is 6.12. The van der Waals surface area contributed by atoms with E-state index in [1.165, 1.54) is 17.7 Å². The van der Waals surface area contributed by atoms with Crippen molar-refractivity contribution in [3.8, 4) is 0 Å².